The van der Waals surface area contributed by atoms with Gasteiger partial charge in [0.25, 0.3) is 0 Å². The predicted molar refractivity (Wildman–Crippen MR) is 90.1 cm³/mol. The van der Waals surface area contributed by atoms with Crippen LogP contribution in [0.25, 0.3) is 0 Å². The van der Waals surface area contributed by atoms with Crippen LogP contribution in [0.5, 0.6) is 0 Å². The van der Waals surface area contributed by atoms with E-state index in [1.807, 2.05) is 30.3 Å². The van der Waals surface area contributed by atoms with E-state index in [-0.39, 0.29) is 12.3 Å². The van der Waals surface area contributed by atoms with E-state index in [0.29, 0.717) is 29.7 Å². The molecule has 7 nitrogen and oxygen atoms in total. The maximum atomic E-state index is 12.0. The van der Waals surface area contributed by atoms with E-state index in [1.54, 1.807) is 0 Å². The number of hydrogen-bond acceptors (Lipinski definition) is 6. The van der Waals surface area contributed by atoms with Gasteiger partial charge in [-0.25, -0.2) is 0 Å². The number of anilines is 1. The number of carbonyl (C=O) groups excluding carboxylic acids is 1. The minimum absolute atomic E-state index is 0.109. The molecule has 7 heteroatoms. The van der Waals surface area contributed by atoms with E-state index in [4.69, 9.17) is 4.52 Å². The largest absolute Gasteiger partial charge is 0.339 e. The number of rotatable bonds is 6. The number of aryl methyl sites for hydroxylation is 1. The summed E-state index contributed by atoms with van der Waals surface area (Å²) in [6, 6.07) is 10.2. The zero-order valence-electron chi connectivity index (χ0n) is 14.0. The summed E-state index contributed by atoms with van der Waals surface area (Å²) in [7, 11) is 0. The van der Waals surface area contributed by atoms with Gasteiger partial charge >= 0.3 is 0 Å². The Hall–Kier alpha value is -2.25. The molecule has 0 aliphatic carbocycles. The highest BCUT2D eigenvalue weighted by Crippen LogP contribution is 2.20. The van der Waals surface area contributed by atoms with Crippen LogP contribution in [0.2, 0.25) is 0 Å². The molecular weight excluding hydrogens is 306 g/mol. The molecule has 128 valence electrons. The second-order valence-electron chi connectivity index (χ2n) is 6.26. The van der Waals surface area contributed by atoms with Crippen molar-refractivity contribution in [2.45, 2.75) is 45.2 Å². The standard InChI is InChI=1S/C17H23N5O2/c1-11-14(12(2)21-20-11)8-9-17-19-15(22-24-17)10-16(23)18-13-6-4-3-5-7-13/h3-7,11-12,14,20-21H,8-10H2,1-2H3,(H,18,23). The lowest BCUT2D eigenvalue weighted by molar-refractivity contribution is -0.115. The van der Waals surface area contributed by atoms with Crippen molar-refractivity contribution in [2.75, 3.05) is 5.32 Å². The molecule has 2 unspecified atom stereocenters. The highest BCUT2D eigenvalue weighted by Gasteiger charge is 2.29. The van der Waals surface area contributed by atoms with Crippen molar-refractivity contribution in [1.82, 2.24) is 21.0 Å². The van der Waals surface area contributed by atoms with Crippen LogP contribution in [-0.4, -0.2) is 28.1 Å². The van der Waals surface area contributed by atoms with Gasteiger partial charge in [0.1, 0.15) is 0 Å². The smallest absolute Gasteiger partial charge is 0.232 e. The van der Waals surface area contributed by atoms with Gasteiger partial charge in [-0.05, 0) is 38.3 Å². The number of aromatic nitrogens is 2. The van der Waals surface area contributed by atoms with Crippen LogP contribution in [0, 0.1) is 5.92 Å². The molecule has 0 saturated carbocycles. The molecule has 1 aliphatic heterocycles. The van der Waals surface area contributed by atoms with Crippen LogP contribution in [0.4, 0.5) is 5.69 Å². The molecule has 1 aliphatic rings. The number of nitrogens with one attached hydrogen (secondary N) is 3. The highest BCUT2D eigenvalue weighted by molar-refractivity contribution is 5.91. The molecule has 0 radical (unpaired) electrons. The number of hydrazine groups is 1. The summed E-state index contributed by atoms with van der Waals surface area (Å²) in [5.41, 5.74) is 7.24. The van der Waals surface area contributed by atoms with E-state index >= 15 is 0 Å². The Labute approximate surface area is 141 Å². The topological polar surface area (TPSA) is 92.1 Å². The maximum Gasteiger partial charge on any atom is 0.232 e. The first kappa shape index (κ1) is 16.6. The van der Waals surface area contributed by atoms with Crippen molar-refractivity contribution in [3.05, 3.63) is 42.0 Å². The number of nitrogens with zero attached hydrogens (tertiary/aromatic N) is 2. The zero-order valence-corrected chi connectivity index (χ0v) is 14.0. The third-order valence-corrected chi connectivity index (χ3v) is 4.40. The summed E-state index contributed by atoms with van der Waals surface area (Å²) in [5.74, 6) is 1.37. The van der Waals surface area contributed by atoms with Gasteiger partial charge in [-0.1, -0.05) is 23.4 Å². The Kier molecular flexibility index (Phi) is 5.22. The van der Waals surface area contributed by atoms with Crippen LogP contribution in [-0.2, 0) is 17.6 Å². The fourth-order valence-electron chi connectivity index (χ4n) is 3.03. The van der Waals surface area contributed by atoms with Gasteiger partial charge in [0.2, 0.25) is 11.8 Å². The molecule has 24 heavy (non-hydrogen) atoms. The molecule has 2 aromatic rings. The second kappa shape index (κ2) is 7.55. The van der Waals surface area contributed by atoms with Gasteiger partial charge in [-0.2, -0.15) is 4.98 Å². The van der Waals surface area contributed by atoms with Crippen molar-refractivity contribution in [3.8, 4) is 0 Å². The van der Waals surface area contributed by atoms with E-state index in [0.717, 1.165) is 18.5 Å². The number of benzene rings is 1. The van der Waals surface area contributed by atoms with Crippen molar-refractivity contribution in [3.63, 3.8) is 0 Å². The monoisotopic (exact) mass is 329 g/mol. The molecule has 1 aromatic heterocycles. The summed E-state index contributed by atoms with van der Waals surface area (Å²) in [6.07, 6.45) is 1.79. The van der Waals surface area contributed by atoms with Crippen LogP contribution in [0.3, 0.4) is 0 Å². The lowest BCUT2D eigenvalue weighted by Gasteiger charge is -2.16. The average molecular weight is 329 g/mol. The number of para-hydroxylation sites is 1. The summed E-state index contributed by atoms with van der Waals surface area (Å²) in [5, 5.41) is 6.71. The average Bonchev–Trinajstić information content (AvgIpc) is 3.13. The van der Waals surface area contributed by atoms with Crippen LogP contribution in [0.15, 0.2) is 34.9 Å². The molecule has 1 fully saturated rings. The first-order valence-corrected chi connectivity index (χ1v) is 8.29. The highest BCUT2D eigenvalue weighted by atomic mass is 16.5. The molecular formula is C17H23N5O2. The zero-order chi connectivity index (χ0) is 16.9. The first-order valence-electron chi connectivity index (χ1n) is 8.29. The van der Waals surface area contributed by atoms with Crippen molar-refractivity contribution in [1.29, 1.82) is 0 Å². The number of hydrogen-bond donors (Lipinski definition) is 3. The quantitative estimate of drug-likeness (QED) is 0.747. The Morgan fingerprint density at radius 1 is 1.21 bits per heavy atom. The number of amides is 1. The molecule has 1 amide bonds. The van der Waals surface area contributed by atoms with Gasteiger partial charge in [0.15, 0.2) is 5.82 Å². The minimum Gasteiger partial charge on any atom is -0.339 e. The predicted octanol–water partition coefficient (Wildman–Crippen LogP) is 1.68. The Morgan fingerprint density at radius 3 is 2.62 bits per heavy atom. The summed E-state index contributed by atoms with van der Waals surface area (Å²) in [4.78, 5) is 16.3. The third-order valence-electron chi connectivity index (χ3n) is 4.40. The van der Waals surface area contributed by atoms with Gasteiger partial charge in [-0.3, -0.25) is 15.6 Å². The molecule has 0 spiro atoms. The van der Waals surface area contributed by atoms with Crippen LogP contribution < -0.4 is 16.2 Å². The third kappa shape index (κ3) is 4.18. The van der Waals surface area contributed by atoms with Gasteiger partial charge in [0, 0.05) is 24.2 Å². The van der Waals surface area contributed by atoms with Gasteiger partial charge in [-0.15, -0.1) is 0 Å². The van der Waals surface area contributed by atoms with Crippen molar-refractivity contribution in [2.24, 2.45) is 5.92 Å². The lowest BCUT2D eigenvalue weighted by atomic mass is 9.92. The fourth-order valence-corrected chi connectivity index (χ4v) is 3.03. The Bertz CT molecular complexity index is 663. The molecule has 3 N–H and O–H groups in total. The normalized spacial score (nSPS) is 23.3. The Morgan fingerprint density at radius 2 is 1.92 bits per heavy atom. The van der Waals surface area contributed by atoms with Crippen LogP contribution in [0.1, 0.15) is 32.0 Å². The van der Waals surface area contributed by atoms with E-state index in [1.165, 1.54) is 0 Å². The maximum absolute atomic E-state index is 12.0. The molecule has 2 atom stereocenters. The van der Waals surface area contributed by atoms with Crippen molar-refractivity contribution < 1.29 is 9.32 Å². The van der Waals surface area contributed by atoms with E-state index < -0.39 is 0 Å². The molecule has 1 saturated heterocycles. The van der Waals surface area contributed by atoms with E-state index in [2.05, 4.69) is 40.2 Å². The molecule has 0 bridgehead atoms. The SMILES string of the molecule is CC1NNC(C)C1CCc1nc(CC(=O)Nc2ccccc2)no1. The second-order valence-corrected chi connectivity index (χ2v) is 6.26. The lowest BCUT2D eigenvalue weighted by Crippen LogP contribution is -2.30. The van der Waals surface area contributed by atoms with Crippen molar-refractivity contribution >= 4 is 11.6 Å². The molecule has 1 aromatic carbocycles. The molecule has 2 heterocycles. The number of carbonyl (C=O) groups is 1. The van der Waals surface area contributed by atoms with Gasteiger partial charge < -0.3 is 9.84 Å². The minimum atomic E-state index is -0.153. The summed E-state index contributed by atoms with van der Waals surface area (Å²) in [6.45, 7) is 4.32. The molecule has 3 rings (SSSR count). The van der Waals surface area contributed by atoms with Crippen LogP contribution >= 0.6 is 0 Å². The fraction of sp³-hybridized carbons (Fsp3) is 0.471. The Balaban J connectivity index is 1.49. The van der Waals surface area contributed by atoms with E-state index in [9.17, 15) is 4.79 Å². The first-order chi connectivity index (χ1) is 11.6. The summed E-state index contributed by atoms with van der Waals surface area (Å²) < 4.78 is 5.26. The van der Waals surface area contributed by atoms with Gasteiger partial charge in [0.05, 0.1) is 6.42 Å². The summed E-state index contributed by atoms with van der Waals surface area (Å²) >= 11 is 0.